The van der Waals surface area contributed by atoms with Gasteiger partial charge < -0.3 is 0 Å². The minimum absolute atomic E-state index is 0.0315. The topological polar surface area (TPSA) is 34.1 Å². The Morgan fingerprint density at radius 3 is 1.71 bits per heavy atom. The van der Waals surface area contributed by atoms with E-state index in [1.807, 2.05) is 53.5 Å². The fraction of sp³-hybridized carbons (Fsp3) is 0.818. The molecule has 0 radical (unpaired) electrons. The van der Waals surface area contributed by atoms with Crippen LogP contribution in [0.25, 0.3) is 0 Å². The predicted octanol–water partition coefficient (Wildman–Crippen LogP) is 2.55. The molecule has 84 valence electrons. The zero-order valence-electron chi connectivity index (χ0n) is 9.56. The van der Waals surface area contributed by atoms with Gasteiger partial charge in [0.25, 0.3) is 0 Å². The molecule has 0 saturated heterocycles. The summed E-state index contributed by atoms with van der Waals surface area (Å²) >= 11 is 1.97. The van der Waals surface area contributed by atoms with Crippen LogP contribution in [-0.2, 0) is 28.5 Å². The number of hydrogen-bond donors (Lipinski definition) is 0. The van der Waals surface area contributed by atoms with E-state index in [4.69, 9.17) is 0 Å². The Balaban J connectivity index is 4.43. The number of carbonyl (C=O) groups is 2. The van der Waals surface area contributed by atoms with Crippen molar-refractivity contribution in [1.29, 1.82) is 0 Å². The van der Waals surface area contributed by atoms with Crippen molar-refractivity contribution in [2.24, 2.45) is 10.8 Å². The first-order chi connectivity index (χ1) is 6.11. The molecule has 0 aromatic heterocycles. The Morgan fingerprint density at radius 1 is 1.00 bits per heavy atom. The second-order valence-corrected chi connectivity index (χ2v) is 6.12. The van der Waals surface area contributed by atoms with Crippen molar-refractivity contribution >= 4 is 11.6 Å². The molecule has 0 heterocycles. The van der Waals surface area contributed by atoms with Gasteiger partial charge in [-0.25, -0.2) is 0 Å². The summed E-state index contributed by atoms with van der Waals surface area (Å²) in [5.41, 5.74) is -0.764. The summed E-state index contributed by atoms with van der Waals surface area (Å²) in [7, 11) is 0. The van der Waals surface area contributed by atoms with Crippen molar-refractivity contribution in [3.8, 4) is 0 Å². The average Bonchev–Trinajstić information content (AvgIpc) is 2.02. The number of Topliss-reactive ketones (excluding diaryl/α,β-unsaturated/α-hetero) is 2. The van der Waals surface area contributed by atoms with Crippen LogP contribution in [0.15, 0.2) is 0 Å². The molecule has 0 spiro atoms. The molecule has 0 fully saturated rings. The van der Waals surface area contributed by atoms with Gasteiger partial charge >= 0.3 is 96.9 Å². The molecule has 0 aliphatic heterocycles. The Labute approximate surface area is 97.0 Å². The molecule has 0 saturated carbocycles. The first-order valence-corrected chi connectivity index (χ1v) is 6.40. The van der Waals surface area contributed by atoms with Crippen LogP contribution in [0.5, 0.6) is 0 Å². The third kappa shape index (κ3) is 4.02. The maximum atomic E-state index is 11.7. The van der Waals surface area contributed by atoms with Gasteiger partial charge in [0.05, 0.1) is 0 Å². The molecule has 0 rings (SSSR count). The summed E-state index contributed by atoms with van der Waals surface area (Å²) in [5.74, 6) is 0.0870. The van der Waals surface area contributed by atoms with E-state index in [0.29, 0.717) is 0 Å². The molecule has 2 nitrogen and oxygen atoms in total. The van der Waals surface area contributed by atoms with E-state index < -0.39 is 5.41 Å². The Hall–Kier alpha value is -0.0106. The molecule has 0 atom stereocenters. The number of ketones is 2. The summed E-state index contributed by atoms with van der Waals surface area (Å²) in [5, 5.41) is 0. The first-order valence-electron chi connectivity index (χ1n) is 4.70. The minimum atomic E-state index is -0.403. The van der Waals surface area contributed by atoms with Crippen LogP contribution in [-0.4, -0.2) is 11.6 Å². The van der Waals surface area contributed by atoms with Crippen LogP contribution >= 0.6 is 0 Å². The van der Waals surface area contributed by atoms with Gasteiger partial charge in [-0.05, 0) is 0 Å². The van der Waals surface area contributed by atoms with E-state index in [2.05, 4.69) is 0 Å². The van der Waals surface area contributed by atoms with Crippen LogP contribution < -0.4 is 0 Å². The van der Waals surface area contributed by atoms with Crippen molar-refractivity contribution in [2.75, 3.05) is 0 Å². The van der Waals surface area contributed by atoms with E-state index in [0.717, 1.165) is 4.93 Å². The van der Waals surface area contributed by atoms with Crippen LogP contribution in [0.3, 0.4) is 0 Å². The van der Waals surface area contributed by atoms with Gasteiger partial charge in [0.2, 0.25) is 0 Å². The zero-order chi connectivity index (χ0) is 11.6. The summed E-state index contributed by atoms with van der Waals surface area (Å²) in [4.78, 5) is 24.1. The molecule has 0 aliphatic rings. The second-order valence-electron chi connectivity index (χ2n) is 5.27. The van der Waals surface area contributed by atoms with Gasteiger partial charge in [-0.15, -0.1) is 0 Å². The molecular weight excluding hydrogens is 356 g/mol. The molecule has 0 bridgehead atoms. The van der Waals surface area contributed by atoms with Crippen molar-refractivity contribution in [3.05, 3.63) is 0 Å². The number of rotatable bonds is 4. The molecule has 3 heteroatoms. The summed E-state index contributed by atoms with van der Waals surface area (Å²) in [6.45, 7) is 9.33. The van der Waals surface area contributed by atoms with Crippen LogP contribution in [0.1, 0.15) is 41.0 Å². The Kier molecular flexibility index (Phi) is 4.67. The predicted molar refractivity (Wildman–Crippen MR) is 52.7 cm³/mol. The van der Waals surface area contributed by atoms with Gasteiger partial charge in [-0.1, -0.05) is 0 Å². The van der Waals surface area contributed by atoms with E-state index in [1.54, 1.807) is 0 Å². The van der Waals surface area contributed by atoms with Gasteiger partial charge in [-0.2, -0.15) is 0 Å². The van der Waals surface area contributed by atoms with E-state index >= 15 is 0 Å². The zero-order valence-corrected chi connectivity index (χ0v) is 12.0. The summed E-state index contributed by atoms with van der Waals surface area (Å²) < 4.78 is 0. The molecule has 14 heavy (non-hydrogen) atoms. The monoisotopic (exact) mass is 376 g/mol. The number of hydrogen-bond acceptors (Lipinski definition) is 2. The van der Waals surface area contributed by atoms with E-state index in [9.17, 15) is 9.59 Å². The molecular formula is C11H19IrO2. The van der Waals surface area contributed by atoms with Crippen molar-refractivity contribution in [1.82, 2.24) is 0 Å². The molecule has 0 aromatic rings. The molecule has 0 N–H and O–H groups in total. The van der Waals surface area contributed by atoms with Gasteiger partial charge in [0.15, 0.2) is 0 Å². The van der Waals surface area contributed by atoms with Crippen molar-refractivity contribution < 1.29 is 28.5 Å². The average molecular weight is 375 g/mol. The Morgan fingerprint density at radius 2 is 1.43 bits per heavy atom. The standard InChI is InChI=1S/C11H19O2.Ir/c1-10(2,3)8(12)7-9(13)11(4,5)6;/h1,7H2,2-6H3;. The molecule has 0 amide bonds. The SMILES string of the molecule is CC(C)(C)C(=O)CC(=O)C(C)(C)[CH2][Ir]. The van der Waals surface area contributed by atoms with Crippen molar-refractivity contribution in [3.63, 3.8) is 0 Å². The molecule has 0 aromatic carbocycles. The van der Waals surface area contributed by atoms with E-state index in [1.165, 1.54) is 0 Å². The summed E-state index contributed by atoms with van der Waals surface area (Å²) in [6.07, 6.45) is 0.0737. The Bertz CT molecular complexity index is 236. The van der Waals surface area contributed by atoms with Gasteiger partial charge in [0.1, 0.15) is 0 Å². The molecule has 0 unspecified atom stereocenters. The second kappa shape index (κ2) is 4.67. The van der Waals surface area contributed by atoms with Crippen LogP contribution in [0.2, 0.25) is 4.93 Å². The first kappa shape index (κ1) is 14.0. The van der Waals surface area contributed by atoms with E-state index in [-0.39, 0.29) is 23.4 Å². The fourth-order valence-corrected chi connectivity index (χ4v) is 1.19. The van der Waals surface area contributed by atoms with Gasteiger partial charge in [-0.3, -0.25) is 0 Å². The normalized spacial score (nSPS) is 12.8. The van der Waals surface area contributed by atoms with Crippen LogP contribution in [0, 0.1) is 10.8 Å². The van der Waals surface area contributed by atoms with Gasteiger partial charge in [0, 0.05) is 0 Å². The fourth-order valence-electron chi connectivity index (χ4n) is 0.716. The molecule has 0 aliphatic carbocycles. The third-order valence-electron chi connectivity index (χ3n) is 2.21. The number of carbonyl (C=O) groups excluding carboxylic acids is 2. The van der Waals surface area contributed by atoms with Crippen LogP contribution in [0.4, 0.5) is 0 Å². The summed E-state index contributed by atoms with van der Waals surface area (Å²) in [6, 6.07) is 0. The quantitative estimate of drug-likeness (QED) is 0.708. The van der Waals surface area contributed by atoms with Crippen molar-refractivity contribution in [2.45, 2.75) is 46.0 Å². The third-order valence-corrected chi connectivity index (χ3v) is 4.32. The maximum absolute atomic E-state index is 11.7.